The first-order chi connectivity index (χ1) is 8.80. The van der Waals surface area contributed by atoms with E-state index in [0.717, 1.165) is 32.0 Å². The number of benzene rings is 1. The summed E-state index contributed by atoms with van der Waals surface area (Å²) in [6, 6.07) is 2.43. The lowest BCUT2D eigenvalue weighted by Crippen LogP contribution is -2.21. The Morgan fingerprint density at radius 2 is 1.89 bits per heavy atom. The van der Waals surface area contributed by atoms with Crippen LogP contribution in [0.15, 0.2) is 17.0 Å². The van der Waals surface area contributed by atoms with Gasteiger partial charge in [0.25, 0.3) is 5.69 Å². The van der Waals surface area contributed by atoms with Gasteiger partial charge in [0.1, 0.15) is 0 Å². The minimum atomic E-state index is -3.97. The van der Waals surface area contributed by atoms with E-state index >= 15 is 0 Å². The summed E-state index contributed by atoms with van der Waals surface area (Å²) in [6.45, 7) is 3.16. The molecule has 0 aromatic heterocycles. The van der Waals surface area contributed by atoms with E-state index in [4.69, 9.17) is 5.14 Å². The third kappa shape index (κ3) is 2.69. The van der Waals surface area contributed by atoms with Gasteiger partial charge in [0.2, 0.25) is 10.0 Å². The van der Waals surface area contributed by atoms with Crippen molar-refractivity contribution in [1.29, 1.82) is 0 Å². The van der Waals surface area contributed by atoms with E-state index in [0.29, 0.717) is 11.3 Å². The first-order valence-corrected chi connectivity index (χ1v) is 7.42. The maximum absolute atomic E-state index is 11.5. The quantitative estimate of drug-likeness (QED) is 0.662. The topological polar surface area (TPSA) is 107 Å². The fraction of sp³-hybridized carbons (Fsp3) is 0.455. The Morgan fingerprint density at radius 1 is 1.32 bits per heavy atom. The number of hydrogen-bond acceptors (Lipinski definition) is 5. The average Bonchev–Trinajstić information content (AvgIpc) is 2.80. The minimum absolute atomic E-state index is 0.177. The highest BCUT2D eigenvalue weighted by molar-refractivity contribution is 7.89. The molecule has 0 unspecified atom stereocenters. The fourth-order valence-corrected chi connectivity index (χ4v) is 3.16. The summed E-state index contributed by atoms with van der Waals surface area (Å²) in [5.74, 6) is 0. The van der Waals surface area contributed by atoms with Crippen molar-refractivity contribution in [3.63, 3.8) is 0 Å². The number of rotatable bonds is 3. The second-order valence-corrected chi connectivity index (χ2v) is 6.11. The lowest BCUT2D eigenvalue weighted by Gasteiger charge is -2.21. The number of nitro groups is 1. The largest absolute Gasteiger partial charge is 0.371 e. The summed E-state index contributed by atoms with van der Waals surface area (Å²) in [5, 5.41) is 16.0. The summed E-state index contributed by atoms with van der Waals surface area (Å²) >= 11 is 0. The number of nitrogens with two attached hydrogens (primary N) is 1. The molecule has 8 heteroatoms. The van der Waals surface area contributed by atoms with E-state index in [-0.39, 0.29) is 10.6 Å². The molecule has 1 aromatic carbocycles. The molecule has 19 heavy (non-hydrogen) atoms. The van der Waals surface area contributed by atoms with E-state index in [2.05, 4.69) is 0 Å². The van der Waals surface area contributed by atoms with Crippen LogP contribution >= 0.6 is 0 Å². The molecule has 1 aromatic rings. The highest BCUT2D eigenvalue weighted by atomic mass is 32.2. The van der Waals surface area contributed by atoms with Crippen LogP contribution in [0, 0.1) is 17.0 Å². The normalized spacial score (nSPS) is 15.8. The summed E-state index contributed by atoms with van der Waals surface area (Å²) in [4.78, 5) is 12.1. The van der Waals surface area contributed by atoms with Crippen LogP contribution < -0.4 is 10.0 Å². The zero-order chi connectivity index (χ0) is 14.2. The lowest BCUT2D eigenvalue weighted by atomic mass is 10.1. The van der Waals surface area contributed by atoms with Gasteiger partial charge in [-0.05, 0) is 25.3 Å². The van der Waals surface area contributed by atoms with E-state index in [1.54, 1.807) is 6.92 Å². The molecule has 2 N–H and O–H groups in total. The van der Waals surface area contributed by atoms with Crippen LogP contribution in [0.4, 0.5) is 11.4 Å². The molecule has 0 saturated carbocycles. The molecule has 0 amide bonds. The molecule has 1 saturated heterocycles. The van der Waals surface area contributed by atoms with Gasteiger partial charge in [0, 0.05) is 30.9 Å². The third-order valence-corrected chi connectivity index (χ3v) is 4.32. The number of sulfonamides is 1. The van der Waals surface area contributed by atoms with Crippen molar-refractivity contribution in [3.8, 4) is 0 Å². The molecule has 1 fully saturated rings. The summed E-state index contributed by atoms with van der Waals surface area (Å²) in [6.07, 6.45) is 1.99. The van der Waals surface area contributed by atoms with E-state index in [1.807, 2.05) is 4.90 Å². The minimum Gasteiger partial charge on any atom is -0.371 e. The van der Waals surface area contributed by atoms with Gasteiger partial charge in [-0.15, -0.1) is 0 Å². The van der Waals surface area contributed by atoms with Crippen LogP contribution in [0.2, 0.25) is 0 Å². The molecular formula is C11H15N3O4S. The van der Waals surface area contributed by atoms with Gasteiger partial charge in [-0.3, -0.25) is 10.1 Å². The molecule has 0 atom stereocenters. The van der Waals surface area contributed by atoms with Gasteiger partial charge in [0.15, 0.2) is 0 Å². The smallest absolute Gasteiger partial charge is 0.272 e. The number of primary sulfonamides is 1. The molecule has 0 spiro atoms. The zero-order valence-electron chi connectivity index (χ0n) is 10.5. The molecule has 2 rings (SSSR count). The number of hydrogen-bond donors (Lipinski definition) is 1. The van der Waals surface area contributed by atoms with Crippen LogP contribution in [0.1, 0.15) is 18.4 Å². The fourth-order valence-electron chi connectivity index (χ4n) is 2.35. The van der Waals surface area contributed by atoms with Gasteiger partial charge in [-0.2, -0.15) is 0 Å². The maximum atomic E-state index is 11.5. The maximum Gasteiger partial charge on any atom is 0.272 e. The van der Waals surface area contributed by atoms with Gasteiger partial charge in [0.05, 0.1) is 9.82 Å². The van der Waals surface area contributed by atoms with Gasteiger partial charge >= 0.3 is 0 Å². The van der Waals surface area contributed by atoms with Crippen LogP contribution in [0.3, 0.4) is 0 Å². The number of nitro benzene ring substituents is 1. The highest BCUT2D eigenvalue weighted by Crippen LogP contribution is 2.33. The van der Waals surface area contributed by atoms with Crippen molar-refractivity contribution in [1.82, 2.24) is 0 Å². The van der Waals surface area contributed by atoms with Gasteiger partial charge in [-0.1, -0.05) is 0 Å². The molecule has 7 nitrogen and oxygen atoms in total. The Morgan fingerprint density at radius 3 is 2.37 bits per heavy atom. The SMILES string of the molecule is Cc1c(N2CCCC2)cc([N+](=O)[O-])cc1S(N)(=O)=O. The van der Waals surface area contributed by atoms with E-state index in [1.165, 1.54) is 6.07 Å². The third-order valence-electron chi connectivity index (χ3n) is 3.28. The predicted molar refractivity (Wildman–Crippen MR) is 70.7 cm³/mol. The Kier molecular flexibility index (Phi) is 3.46. The van der Waals surface area contributed by atoms with Crippen LogP contribution in [0.25, 0.3) is 0 Å². The van der Waals surface area contributed by atoms with Crippen molar-refractivity contribution in [2.24, 2.45) is 5.14 Å². The standard InChI is InChI=1S/C11H15N3O4S/c1-8-10(13-4-2-3-5-13)6-9(14(15)16)7-11(8)19(12,17)18/h6-7H,2-5H2,1H3,(H2,12,17,18). The van der Waals surface area contributed by atoms with Crippen LogP contribution in [-0.4, -0.2) is 26.4 Å². The number of anilines is 1. The lowest BCUT2D eigenvalue weighted by molar-refractivity contribution is -0.385. The van der Waals surface area contributed by atoms with Crippen molar-refractivity contribution in [2.45, 2.75) is 24.7 Å². The molecule has 0 radical (unpaired) electrons. The molecular weight excluding hydrogens is 270 g/mol. The molecule has 0 bridgehead atoms. The van der Waals surface area contributed by atoms with Crippen molar-refractivity contribution in [3.05, 3.63) is 27.8 Å². The molecule has 1 heterocycles. The first-order valence-electron chi connectivity index (χ1n) is 5.87. The first kappa shape index (κ1) is 13.8. The molecule has 1 aliphatic heterocycles. The highest BCUT2D eigenvalue weighted by Gasteiger charge is 2.24. The van der Waals surface area contributed by atoms with Gasteiger partial charge < -0.3 is 4.90 Å². The second kappa shape index (κ2) is 4.78. The monoisotopic (exact) mass is 285 g/mol. The molecule has 104 valence electrons. The van der Waals surface area contributed by atoms with E-state index < -0.39 is 14.9 Å². The average molecular weight is 285 g/mol. The number of non-ortho nitro benzene ring substituents is 1. The summed E-state index contributed by atoms with van der Waals surface area (Å²) in [5.41, 5.74) is 0.794. The Hall–Kier alpha value is -1.67. The Bertz CT molecular complexity index is 621. The molecule has 0 aliphatic carbocycles. The van der Waals surface area contributed by atoms with Crippen molar-refractivity contribution in [2.75, 3.05) is 18.0 Å². The van der Waals surface area contributed by atoms with Crippen LogP contribution in [-0.2, 0) is 10.0 Å². The van der Waals surface area contributed by atoms with Crippen LogP contribution in [0.5, 0.6) is 0 Å². The summed E-state index contributed by atoms with van der Waals surface area (Å²) in [7, 11) is -3.97. The number of nitrogens with zero attached hydrogens (tertiary/aromatic N) is 2. The van der Waals surface area contributed by atoms with Crippen molar-refractivity contribution >= 4 is 21.4 Å². The zero-order valence-corrected chi connectivity index (χ0v) is 11.3. The predicted octanol–water partition coefficient (Wildman–Crippen LogP) is 1.15. The summed E-state index contributed by atoms with van der Waals surface area (Å²) < 4.78 is 23.1. The Labute approximate surface area is 111 Å². The van der Waals surface area contributed by atoms with Crippen molar-refractivity contribution < 1.29 is 13.3 Å². The van der Waals surface area contributed by atoms with E-state index in [9.17, 15) is 18.5 Å². The Balaban J connectivity index is 2.65. The van der Waals surface area contributed by atoms with Gasteiger partial charge in [-0.25, -0.2) is 13.6 Å². The molecule has 1 aliphatic rings. The second-order valence-electron chi connectivity index (χ2n) is 4.58.